The molecule has 6 nitrogen and oxygen atoms in total. The summed E-state index contributed by atoms with van der Waals surface area (Å²) in [5.41, 5.74) is 8.41. The molecule has 1 fully saturated rings. The molecule has 0 aliphatic carbocycles. The summed E-state index contributed by atoms with van der Waals surface area (Å²) in [6.45, 7) is 1.27. The second kappa shape index (κ2) is 9.15. The third-order valence-corrected chi connectivity index (χ3v) is 6.05. The number of nitrogens with zero attached hydrogens (tertiary/aromatic N) is 1. The Morgan fingerprint density at radius 2 is 1.90 bits per heavy atom. The van der Waals surface area contributed by atoms with Crippen molar-refractivity contribution in [2.45, 2.75) is 25.3 Å². The lowest BCUT2D eigenvalue weighted by molar-refractivity contribution is 0.0678. The predicted molar refractivity (Wildman–Crippen MR) is 117 cm³/mol. The summed E-state index contributed by atoms with van der Waals surface area (Å²) < 4.78 is 25.2. The number of likely N-dealkylation sites (tertiary alicyclic amines) is 1. The fourth-order valence-electron chi connectivity index (χ4n) is 3.75. The number of carbonyl (C=O) groups excluding carboxylic acids is 1. The molecule has 29 heavy (non-hydrogen) atoms. The van der Waals surface area contributed by atoms with Crippen molar-refractivity contribution in [3.63, 3.8) is 0 Å². The topological polar surface area (TPSA) is 92.5 Å². The molecule has 2 aromatic carbocycles. The highest BCUT2D eigenvalue weighted by atomic mass is 35.5. The minimum Gasteiger partial charge on any atom is -0.339 e. The second-order valence-electron chi connectivity index (χ2n) is 7.58. The molecular weight excluding hydrogens is 410 g/mol. The fourth-order valence-corrected chi connectivity index (χ4v) is 4.51. The van der Waals surface area contributed by atoms with E-state index in [9.17, 15) is 13.2 Å². The van der Waals surface area contributed by atoms with Crippen LogP contribution in [0.5, 0.6) is 0 Å². The Kier molecular flexibility index (Phi) is 6.82. The molecular formula is C21H26ClN3O3S. The number of amides is 1. The molecule has 1 aliphatic rings. The molecule has 3 rings (SSSR count). The molecule has 0 saturated carbocycles. The standard InChI is InChI=1S/C21H26ClN3O3S/c1-29(27,28)24-19-7-3-5-17(14-19)21(26)25-10-8-16(9-11-25)20(23)13-15-4-2-6-18(22)12-15/h2-7,12,14,16,20,24H,8-11,13,23H2,1H3. The number of piperidine rings is 1. The number of nitrogens with two attached hydrogens (primary N) is 1. The lowest BCUT2D eigenvalue weighted by atomic mass is 9.86. The first kappa shape index (κ1) is 21.6. The van der Waals surface area contributed by atoms with E-state index >= 15 is 0 Å². The normalized spacial score (nSPS) is 16.4. The lowest BCUT2D eigenvalue weighted by Crippen LogP contribution is -2.44. The van der Waals surface area contributed by atoms with Gasteiger partial charge in [0.1, 0.15) is 0 Å². The van der Waals surface area contributed by atoms with Crippen LogP contribution in [0.2, 0.25) is 5.02 Å². The third kappa shape index (κ3) is 6.19. The van der Waals surface area contributed by atoms with Gasteiger partial charge in [-0.05, 0) is 61.1 Å². The molecule has 1 amide bonds. The quantitative estimate of drug-likeness (QED) is 0.729. The highest BCUT2D eigenvalue weighted by Crippen LogP contribution is 2.24. The van der Waals surface area contributed by atoms with Crippen molar-refractivity contribution in [3.05, 3.63) is 64.7 Å². The Labute approximate surface area is 177 Å². The van der Waals surface area contributed by atoms with Crippen LogP contribution in [0.15, 0.2) is 48.5 Å². The molecule has 0 spiro atoms. The van der Waals surface area contributed by atoms with E-state index in [1.165, 1.54) is 0 Å². The summed E-state index contributed by atoms with van der Waals surface area (Å²) in [5.74, 6) is 0.250. The average Bonchev–Trinajstić information content (AvgIpc) is 2.66. The van der Waals surface area contributed by atoms with Crippen LogP contribution in [0.4, 0.5) is 5.69 Å². The van der Waals surface area contributed by atoms with Crippen molar-refractivity contribution in [1.82, 2.24) is 4.90 Å². The van der Waals surface area contributed by atoms with E-state index < -0.39 is 10.0 Å². The molecule has 1 saturated heterocycles. The summed E-state index contributed by atoms with van der Waals surface area (Å²) in [4.78, 5) is 14.6. The summed E-state index contributed by atoms with van der Waals surface area (Å²) in [5, 5.41) is 0.711. The minimum atomic E-state index is -3.39. The van der Waals surface area contributed by atoms with Crippen LogP contribution in [-0.4, -0.2) is 44.6 Å². The van der Waals surface area contributed by atoms with Crippen LogP contribution in [0.25, 0.3) is 0 Å². The lowest BCUT2D eigenvalue weighted by Gasteiger charge is -2.35. The summed E-state index contributed by atoms with van der Waals surface area (Å²) in [6.07, 6.45) is 3.53. The van der Waals surface area contributed by atoms with Gasteiger partial charge in [0.2, 0.25) is 10.0 Å². The van der Waals surface area contributed by atoms with E-state index in [1.807, 2.05) is 29.2 Å². The smallest absolute Gasteiger partial charge is 0.253 e. The SMILES string of the molecule is CS(=O)(=O)Nc1cccc(C(=O)N2CCC(C(N)Cc3cccc(Cl)c3)CC2)c1. The van der Waals surface area contributed by atoms with Crippen LogP contribution < -0.4 is 10.5 Å². The van der Waals surface area contributed by atoms with Crippen LogP contribution in [0.1, 0.15) is 28.8 Å². The average molecular weight is 436 g/mol. The van der Waals surface area contributed by atoms with Gasteiger partial charge in [-0.15, -0.1) is 0 Å². The van der Waals surface area contributed by atoms with Crippen LogP contribution in [0.3, 0.4) is 0 Å². The first-order chi connectivity index (χ1) is 13.7. The van der Waals surface area contributed by atoms with Gasteiger partial charge in [0.05, 0.1) is 6.26 Å². The molecule has 1 heterocycles. The highest BCUT2D eigenvalue weighted by Gasteiger charge is 2.27. The molecule has 1 atom stereocenters. The Balaban J connectivity index is 1.57. The van der Waals surface area contributed by atoms with Crippen LogP contribution in [-0.2, 0) is 16.4 Å². The Hall–Kier alpha value is -2.09. The number of hydrogen-bond acceptors (Lipinski definition) is 4. The van der Waals surface area contributed by atoms with Crippen LogP contribution in [0, 0.1) is 5.92 Å². The van der Waals surface area contributed by atoms with Crippen molar-refractivity contribution in [3.8, 4) is 0 Å². The van der Waals surface area contributed by atoms with Crippen molar-refractivity contribution >= 4 is 33.2 Å². The zero-order valence-corrected chi connectivity index (χ0v) is 17.9. The van der Waals surface area contributed by atoms with Gasteiger partial charge in [0, 0.05) is 35.4 Å². The van der Waals surface area contributed by atoms with Crippen molar-refractivity contribution < 1.29 is 13.2 Å². The fraction of sp³-hybridized carbons (Fsp3) is 0.381. The molecule has 1 unspecified atom stereocenters. The molecule has 0 bridgehead atoms. The Morgan fingerprint density at radius 1 is 1.21 bits per heavy atom. The molecule has 0 aromatic heterocycles. The number of anilines is 1. The number of hydrogen-bond donors (Lipinski definition) is 2. The van der Waals surface area contributed by atoms with Crippen LogP contribution >= 0.6 is 11.6 Å². The molecule has 8 heteroatoms. The molecule has 0 radical (unpaired) electrons. The number of carbonyl (C=O) groups is 1. The maximum absolute atomic E-state index is 12.8. The Bertz CT molecular complexity index is 973. The number of rotatable bonds is 6. The maximum atomic E-state index is 12.8. The monoisotopic (exact) mass is 435 g/mol. The van der Waals surface area contributed by atoms with Gasteiger partial charge in [0.25, 0.3) is 5.91 Å². The van der Waals surface area contributed by atoms with E-state index in [2.05, 4.69) is 4.72 Å². The Morgan fingerprint density at radius 3 is 2.55 bits per heavy atom. The maximum Gasteiger partial charge on any atom is 0.253 e. The van der Waals surface area contributed by atoms with E-state index in [4.69, 9.17) is 17.3 Å². The zero-order valence-electron chi connectivity index (χ0n) is 16.3. The molecule has 2 aromatic rings. The van der Waals surface area contributed by atoms with E-state index in [0.717, 1.165) is 31.1 Å². The van der Waals surface area contributed by atoms with Gasteiger partial charge in [-0.25, -0.2) is 8.42 Å². The molecule has 1 aliphatic heterocycles. The number of halogens is 1. The number of sulfonamides is 1. The second-order valence-corrected chi connectivity index (χ2v) is 9.77. The third-order valence-electron chi connectivity index (χ3n) is 5.21. The molecule has 156 valence electrons. The number of benzene rings is 2. The van der Waals surface area contributed by atoms with E-state index in [-0.39, 0.29) is 11.9 Å². The summed E-state index contributed by atoms with van der Waals surface area (Å²) in [6, 6.07) is 14.3. The van der Waals surface area contributed by atoms with Crippen molar-refractivity contribution in [2.24, 2.45) is 11.7 Å². The van der Waals surface area contributed by atoms with E-state index in [0.29, 0.717) is 35.3 Å². The summed E-state index contributed by atoms with van der Waals surface area (Å²) in [7, 11) is -3.39. The first-order valence-corrected chi connectivity index (χ1v) is 11.9. The largest absolute Gasteiger partial charge is 0.339 e. The summed E-state index contributed by atoms with van der Waals surface area (Å²) >= 11 is 6.05. The van der Waals surface area contributed by atoms with Crippen molar-refractivity contribution in [1.29, 1.82) is 0 Å². The van der Waals surface area contributed by atoms with Gasteiger partial charge < -0.3 is 10.6 Å². The first-order valence-electron chi connectivity index (χ1n) is 9.58. The molecule has 3 N–H and O–H groups in total. The van der Waals surface area contributed by atoms with E-state index in [1.54, 1.807) is 24.3 Å². The van der Waals surface area contributed by atoms with Gasteiger partial charge in [0.15, 0.2) is 0 Å². The van der Waals surface area contributed by atoms with Gasteiger partial charge in [-0.2, -0.15) is 0 Å². The van der Waals surface area contributed by atoms with Crippen molar-refractivity contribution in [2.75, 3.05) is 24.1 Å². The predicted octanol–water partition coefficient (Wildman–Crippen LogP) is 3.13. The highest BCUT2D eigenvalue weighted by molar-refractivity contribution is 7.92. The zero-order chi connectivity index (χ0) is 21.0. The number of nitrogens with one attached hydrogen (secondary N) is 1. The van der Waals surface area contributed by atoms with Gasteiger partial charge in [-0.3, -0.25) is 9.52 Å². The van der Waals surface area contributed by atoms with Gasteiger partial charge >= 0.3 is 0 Å². The minimum absolute atomic E-state index is 0.0213. The van der Waals surface area contributed by atoms with Gasteiger partial charge in [-0.1, -0.05) is 29.8 Å².